The number of nitrogens with zero attached hydrogens (tertiary/aromatic N) is 6. The number of carbonyl (C=O) groups excluding carboxylic acids is 1. The topological polar surface area (TPSA) is 75.7 Å². The van der Waals surface area contributed by atoms with E-state index in [1.807, 2.05) is 34.0 Å². The van der Waals surface area contributed by atoms with Crippen LogP contribution in [0.25, 0.3) is 5.65 Å². The Morgan fingerprint density at radius 3 is 2.93 bits per heavy atom. The molecule has 3 aromatic rings. The molecular formula is C19H20N6O2. The fraction of sp³-hybridized carbons (Fsp3) is 0.368. The number of hydrogen-bond donors (Lipinski definition) is 0. The van der Waals surface area contributed by atoms with Gasteiger partial charge in [-0.05, 0) is 25.0 Å². The maximum atomic E-state index is 12.3. The zero-order valence-electron chi connectivity index (χ0n) is 14.9. The zero-order chi connectivity index (χ0) is 18.4. The number of hydrogen-bond acceptors (Lipinski definition) is 5. The maximum Gasteiger partial charge on any atom is 0.259 e. The van der Waals surface area contributed by atoms with Crippen molar-refractivity contribution in [1.29, 1.82) is 0 Å². The molecule has 1 unspecified atom stereocenters. The van der Waals surface area contributed by atoms with Crippen molar-refractivity contribution in [2.24, 2.45) is 0 Å². The summed E-state index contributed by atoms with van der Waals surface area (Å²) in [6, 6.07) is 7.33. The van der Waals surface area contributed by atoms with E-state index in [2.05, 4.69) is 15.0 Å². The van der Waals surface area contributed by atoms with Gasteiger partial charge in [0.05, 0.1) is 17.9 Å². The largest absolute Gasteiger partial charge is 0.354 e. The monoisotopic (exact) mass is 364 g/mol. The lowest BCUT2D eigenvalue weighted by atomic mass is 10.3. The van der Waals surface area contributed by atoms with Crippen LogP contribution in [0.3, 0.4) is 0 Å². The summed E-state index contributed by atoms with van der Waals surface area (Å²) in [5.74, 6) is 0.874. The summed E-state index contributed by atoms with van der Waals surface area (Å²) >= 11 is 0. The van der Waals surface area contributed by atoms with Crippen molar-refractivity contribution < 1.29 is 4.79 Å². The van der Waals surface area contributed by atoms with E-state index in [0.717, 1.165) is 38.2 Å². The first kappa shape index (κ1) is 16.0. The Morgan fingerprint density at radius 1 is 1.15 bits per heavy atom. The highest BCUT2D eigenvalue weighted by atomic mass is 16.2. The molecule has 5 heterocycles. The Hall–Kier alpha value is -3.16. The predicted octanol–water partition coefficient (Wildman–Crippen LogP) is 1.47. The molecule has 2 aliphatic heterocycles. The Kier molecular flexibility index (Phi) is 3.70. The molecule has 5 rings (SSSR count). The van der Waals surface area contributed by atoms with Crippen LogP contribution >= 0.6 is 0 Å². The second kappa shape index (κ2) is 6.22. The molecule has 0 saturated carbocycles. The smallest absolute Gasteiger partial charge is 0.259 e. The van der Waals surface area contributed by atoms with Gasteiger partial charge in [0.15, 0.2) is 0 Å². The number of fused-ring (bicyclic) bond motifs is 1. The lowest BCUT2D eigenvalue weighted by molar-refractivity contribution is -0.117. The summed E-state index contributed by atoms with van der Waals surface area (Å²) in [5.41, 5.74) is 1.45. The molecule has 2 aliphatic rings. The van der Waals surface area contributed by atoms with Crippen LogP contribution in [-0.4, -0.2) is 44.7 Å². The van der Waals surface area contributed by atoms with Crippen molar-refractivity contribution in [2.45, 2.75) is 25.3 Å². The molecule has 2 fully saturated rings. The van der Waals surface area contributed by atoms with Crippen LogP contribution in [0.4, 0.5) is 11.5 Å². The minimum absolute atomic E-state index is 0.0760. The van der Waals surface area contributed by atoms with Gasteiger partial charge in [0.1, 0.15) is 11.5 Å². The van der Waals surface area contributed by atoms with E-state index in [-0.39, 0.29) is 17.5 Å². The van der Waals surface area contributed by atoms with E-state index < -0.39 is 0 Å². The maximum absolute atomic E-state index is 12.3. The van der Waals surface area contributed by atoms with Crippen LogP contribution in [0, 0.1) is 0 Å². The average molecular weight is 364 g/mol. The normalized spacial score (nSPS) is 20.1. The lowest BCUT2D eigenvalue weighted by Gasteiger charge is -2.18. The zero-order valence-corrected chi connectivity index (χ0v) is 14.9. The van der Waals surface area contributed by atoms with Crippen molar-refractivity contribution in [3.8, 4) is 0 Å². The first-order valence-corrected chi connectivity index (χ1v) is 9.27. The summed E-state index contributed by atoms with van der Waals surface area (Å²) in [6.45, 7) is 2.33. The van der Waals surface area contributed by atoms with E-state index >= 15 is 0 Å². The van der Waals surface area contributed by atoms with Crippen LogP contribution in [0.15, 0.2) is 47.7 Å². The molecule has 1 amide bonds. The quantitative estimate of drug-likeness (QED) is 0.703. The minimum atomic E-state index is -0.0760. The predicted molar refractivity (Wildman–Crippen MR) is 101 cm³/mol. The number of rotatable bonds is 3. The number of carbonyl (C=O) groups is 1. The summed E-state index contributed by atoms with van der Waals surface area (Å²) in [7, 11) is 0. The van der Waals surface area contributed by atoms with Crippen LogP contribution in [0.5, 0.6) is 0 Å². The third-order valence-corrected chi connectivity index (χ3v) is 5.39. The van der Waals surface area contributed by atoms with Crippen LogP contribution in [0.2, 0.25) is 0 Å². The van der Waals surface area contributed by atoms with Crippen molar-refractivity contribution in [1.82, 2.24) is 19.2 Å². The van der Waals surface area contributed by atoms with Gasteiger partial charge < -0.3 is 9.80 Å². The van der Waals surface area contributed by atoms with Gasteiger partial charge in [-0.1, -0.05) is 6.07 Å². The van der Waals surface area contributed by atoms with E-state index in [1.54, 1.807) is 22.9 Å². The summed E-state index contributed by atoms with van der Waals surface area (Å²) in [6.07, 6.45) is 7.90. The number of pyridine rings is 1. The molecule has 138 valence electrons. The van der Waals surface area contributed by atoms with E-state index in [9.17, 15) is 9.59 Å². The Morgan fingerprint density at radius 2 is 2.07 bits per heavy atom. The van der Waals surface area contributed by atoms with E-state index in [4.69, 9.17) is 0 Å². The van der Waals surface area contributed by atoms with E-state index in [0.29, 0.717) is 17.9 Å². The van der Waals surface area contributed by atoms with Gasteiger partial charge >= 0.3 is 0 Å². The molecule has 27 heavy (non-hydrogen) atoms. The van der Waals surface area contributed by atoms with Gasteiger partial charge in [0.25, 0.3) is 5.56 Å². The molecule has 0 spiro atoms. The van der Waals surface area contributed by atoms with Gasteiger partial charge in [0, 0.05) is 44.5 Å². The fourth-order valence-electron chi connectivity index (χ4n) is 3.96. The van der Waals surface area contributed by atoms with Crippen LogP contribution < -0.4 is 15.4 Å². The van der Waals surface area contributed by atoms with Gasteiger partial charge in [-0.3, -0.25) is 18.7 Å². The van der Waals surface area contributed by atoms with Crippen molar-refractivity contribution in [2.75, 3.05) is 29.4 Å². The van der Waals surface area contributed by atoms with Crippen LogP contribution in [0.1, 0.15) is 25.3 Å². The third-order valence-electron chi connectivity index (χ3n) is 5.39. The molecule has 8 nitrogen and oxygen atoms in total. The molecule has 0 N–H and O–H groups in total. The molecule has 3 aromatic heterocycles. The second-order valence-electron chi connectivity index (χ2n) is 7.10. The number of anilines is 2. The van der Waals surface area contributed by atoms with Gasteiger partial charge in [-0.15, -0.1) is 0 Å². The third kappa shape index (κ3) is 2.77. The molecular weight excluding hydrogens is 344 g/mol. The molecule has 0 aliphatic carbocycles. The first-order chi connectivity index (χ1) is 13.2. The van der Waals surface area contributed by atoms with Crippen molar-refractivity contribution in [3.05, 3.63) is 53.2 Å². The Balaban J connectivity index is 1.37. The highest BCUT2D eigenvalue weighted by Crippen LogP contribution is 2.27. The summed E-state index contributed by atoms with van der Waals surface area (Å²) in [5, 5.41) is 4.48. The van der Waals surface area contributed by atoms with Gasteiger partial charge in [-0.25, -0.2) is 4.98 Å². The fourth-order valence-corrected chi connectivity index (χ4v) is 3.96. The molecule has 0 aromatic carbocycles. The second-order valence-corrected chi connectivity index (χ2v) is 7.10. The van der Waals surface area contributed by atoms with Crippen LogP contribution in [-0.2, 0) is 4.79 Å². The molecule has 8 heteroatoms. The average Bonchev–Trinajstić information content (AvgIpc) is 3.41. The first-order valence-electron chi connectivity index (χ1n) is 9.27. The Labute approximate surface area is 155 Å². The number of amides is 1. The SMILES string of the molecule is O=C1CCCN1c1cnn(C2CCN(c3cc(=O)n4ccccc4n3)C2)c1. The highest BCUT2D eigenvalue weighted by Gasteiger charge is 2.28. The summed E-state index contributed by atoms with van der Waals surface area (Å²) in [4.78, 5) is 32.8. The van der Waals surface area contributed by atoms with Gasteiger partial charge in [-0.2, -0.15) is 5.10 Å². The van der Waals surface area contributed by atoms with Gasteiger partial charge in [0.2, 0.25) is 5.91 Å². The van der Waals surface area contributed by atoms with E-state index in [1.165, 1.54) is 0 Å². The highest BCUT2D eigenvalue weighted by molar-refractivity contribution is 5.95. The minimum Gasteiger partial charge on any atom is -0.354 e. The lowest BCUT2D eigenvalue weighted by Crippen LogP contribution is -2.25. The molecule has 1 atom stereocenters. The molecule has 2 saturated heterocycles. The summed E-state index contributed by atoms with van der Waals surface area (Å²) < 4.78 is 3.48. The van der Waals surface area contributed by atoms with Crippen molar-refractivity contribution in [3.63, 3.8) is 0 Å². The Bertz CT molecular complexity index is 1070. The van der Waals surface area contributed by atoms with Crippen molar-refractivity contribution >= 4 is 23.1 Å². The standard InChI is InChI=1S/C19H20N6O2/c26-18-5-3-8-23(18)15-11-20-25(13-15)14-6-9-22(12-14)17-10-19(27)24-7-2-1-4-16(24)21-17/h1-2,4,7,10-11,13-14H,3,5-6,8-9,12H2. The number of aromatic nitrogens is 4. The molecule has 0 bridgehead atoms. The molecule has 0 radical (unpaired) electrons.